The van der Waals surface area contributed by atoms with Crippen LogP contribution in [0.15, 0.2) is 18.2 Å². The Morgan fingerprint density at radius 3 is 2.60 bits per heavy atom. The summed E-state index contributed by atoms with van der Waals surface area (Å²) < 4.78 is 44.1. The summed E-state index contributed by atoms with van der Waals surface area (Å²) in [7, 11) is 0. The van der Waals surface area contributed by atoms with E-state index < -0.39 is 17.8 Å². The Labute approximate surface area is 116 Å². The molecule has 0 aromatic heterocycles. The van der Waals surface area contributed by atoms with E-state index in [1.807, 2.05) is 6.92 Å². The lowest BCUT2D eigenvalue weighted by molar-refractivity contribution is -0.139. The van der Waals surface area contributed by atoms with Crippen molar-refractivity contribution in [3.63, 3.8) is 0 Å². The van der Waals surface area contributed by atoms with Gasteiger partial charge in [0, 0.05) is 13.0 Å². The van der Waals surface area contributed by atoms with Crippen molar-refractivity contribution in [3.8, 4) is 5.75 Å². The second-order valence-electron chi connectivity index (χ2n) is 4.59. The molecule has 1 unspecified atom stereocenters. The molecule has 20 heavy (non-hydrogen) atoms. The van der Waals surface area contributed by atoms with Gasteiger partial charge in [-0.3, -0.25) is 0 Å². The van der Waals surface area contributed by atoms with Crippen LogP contribution in [0.25, 0.3) is 0 Å². The van der Waals surface area contributed by atoms with Crippen molar-refractivity contribution in [3.05, 3.63) is 29.3 Å². The molecule has 0 radical (unpaired) electrons. The van der Waals surface area contributed by atoms with E-state index in [0.717, 1.165) is 6.07 Å². The summed E-state index contributed by atoms with van der Waals surface area (Å²) in [5.74, 6) is -0.196. The van der Waals surface area contributed by atoms with Gasteiger partial charge in [-0.05, 0) is 31.2 Å². The largest absolute Gasteiger partial charge is 0.493 e. The molecule has 114 valence electrons. The van der Waals surface area contributed by atoms with Crippen LogP contribution in [-0.2, 0) is 12.7 Å². The number of nitrogens with one attached hydrogen (secondary N) is 1. The van der Waals surface area contributed by atoms with Gasteiger partial charge in [0.15, 0.2) is 0 Å². The van der Waals surface area contributed by atoms with Gasteiger partial charge >= 0.3 is 6.18 Å². The fraction of sp³-hybridized carbons (Fsp3) is 0.571. The lowest BCUT2D eigenvalue weighted by Crippen LogP contribution is -2.15. The summed E-state index contributed by atoms with van der Waals surface area (Å²) in [6.07, 6.45) is -4.77. The summed E-state index contributed by atoms with van der Waals surface area (Å²) in [4.78, 5) is 0. The molecule has 2 N–H and O–H groups in total. The number of alkyl halides is 3. The molecular formula is C14H20F3NO2. The highest BCUT2D eigenvalue weighted by atomic mass is 19.4. The molecular weight excluding hydrogens is 271 g/mol. The van der Waals surface area contributed by atoms with Crippen molar-refractivity contribution in [2.24, 2.45) is 0 Å². The number of hydrogen-bond donors (Lipinski definition) is 2. The highest BCUT2D eigenvalue weighted by Gasteiger charge is 2.34. The molecule has 0 saturated heterocycles. The lowest BCUT2D eigenvalue weighted by Gasteiger charge is -2.16. The van der Waals surface area contributed by atoms with Gasteiger partial charge in [0.1, 0.15) is 5.75 Å². The first-order chi connectivity index (χ1) is 9.34. The molecule has 1 aromatic rings. The molecule has 0 spiro atoms. The predicted molar refractivity (Wildman–Crippen MR) is 70.6 cm³/mol. The number of benzene rings is 1. The Morgan fingerprint density at radius 1 is 1.35 bits per heavy atom. The van der Waals surface area contributed by atoms with Crippen LogP contribution >= 0.6 is 0 Å². The number of ether oxygens (including phenoxy) is 1. The third-order valence-corrected chi connectivity index (χ3v) is 2.72. The monoisotopic (exact) mass is 291 g/mol. The van der Waals surface area contributed by atoms with E-state index in [1.54, 1.807) is 13.0 Å². The third kappa shape index (κ3) is 5.38. The number of aliphatic hydroxyl groups is 1. The zero-order chi connectivity index (χ0) is 15.2. The summed E-state index contributed by atoms with van der Waals surface area (Å²) >= 11 is 0. The van der Waals surface area contributed by atoms with Crippen molar-refractivity contribution in [2.45, 2.75) is 39.1 Å². The van der Waals surface area contributed by atoms with Crippen LogP contribution in [0.4, 0.5) is 13.2 Å². The summed E-state index contributed by atoms with van der Waals surface area (Å²) in [6.45, 7) is 4.57. The minimum atomic E-state index is -4.46. The van der Waals surface area contributed by atoms with Crippen molar-refractivity contribution in [1.29, 1.82) is 0 Å². The van der Waals surface area contributed by atoms with Crippen molar-refractivity contribution < 1.29 is 23.0 Å². The zero-order valence-corrected chi connectivity index (χ0v) is 11.6. The van der Waals surface area contributed by atoms with E-state index in [0.29, 0.717) is 18.7 Å². The molecule has 6 heteroatoms. The van der Waals surface area contributed by atoms with Gasteiger partial charge in [-0.1, -0.05) is 13.0 Å². The first-order valence-corrected chi connectivity index (χ1v) is 6.56. The van der Waals surface area contributed by atoms with E-state index >= 15 is 0 Å². The van der Waals surface area contributed by atoms with Crippen LogP contribution in [0.5, 0.6) is 5.75 Å². The number of hydrogen-bond acceptors (Lipinski definition) is 3. The number of halogens is 3. The van der Waals surface area contributed by atoms with Gasteiger partial charge in [0.05, 0.1) is 18.3 Å². The molecule has 1 aromatic carbocycles. The minimum Gasteiger partial charge on any atom is -0.493 e. The van der Waals surface area contributed by atoms with Crippen LogP contribution in [-0.4, -0.2) is 24.4 Å². The number of aliphatic hydroxyl groups excluding tert-OH is 1. The van der Waals surface area contributed by atoms with Gasteiger partial charge in [-0.15, -0.1) is 0 Å². The molecule has 0 aliphatic heterocycles. The van der Waals surface area contributed by atoms with Gasteiger partial charge < -0.3 is 15.2 Å². The molecule has 0 fully saturated rings. The lowest BCUT2D eigenvalue weighted by atomic mass is 10.1. The highest BCUT2D eigenvalue weighted by Crippen LogP contribution is 2.36. The van der Waals surface area contributed by atoms with Crippen LogP contribution < -0.4 is 10.1 Å². The molecule has 3 nitrogen and oxygen atoms in total. The smallest absolute Gasteiger partial charge is 0.419 e. The fourth-order valence-electron chi connectivity index (χ4n) is 1.64. The topological polar surface area (TPSA) is 41.5 Å². The van der Waals surface area contributed by atoms with Crippen LogP contribution in [0.1, 0.15) is 31.4 Å². The Bertz CT molecular complexity index is 419. The molecule has 0 aliphatic rings. The predicted octanol–water partition coefficient (Wildman–Crippen LogP) is 2.96. The quantitative estimate of drug-likeness (QED) is 0.811. The molecule has 0 bridgehead atoms. The average Bonchev–Trinajstić information content (AvgIpc) is 2.35. The van der Waals surface area contributed by atoms with Crippen molar-refractivity contribution in [2.75, 3.05) is 13.2 Å². The van der Waals surface area contributed by atoms with Gasteiger partial charge in [-0.2, -0.15) is 13.2 Å². The number of rotatable bonds is 7. The molecule has 0 aliphatic carbocycles. The van der Waals surface area contributed by atoms with Crippen molar-refractivity contribution in [1.82, 2.24) is 5.32 Å². The standard InChI is InChI=1S/C14H20F3NO2/c1-3-18-9-11-4-5-13(20-7-6-10(2)19)12(8-11)14(15,16)17/h4-5,8,10,18-19H,3,6-7,9H2,1-2H3. The molecule has 1 rings (SSSR count). The normalized spacial score (nSPS) is 13.3. The average molecular weight is 291 g/mol. The van der Waals surface area contributed by atoms with Gasteiger partial charge in [-0.25, -0.2) is 0 Å². The van der Waals surface area contributed by atoms with E-state index in [4.69, 9.17) is 9.84 Å². The molecule has 0 saturated carbocycles. The Morgan fingerprint density at radius 2 is 2.05 bits per heavy atom. The van der Waals surface area contributed by atoms with E-state index in [9.17, 15) is 13.2 Å². The Hall–Kier alpha value is -1.27. The Balaban J connectivity index is 2.87. The maximum absolute atomic E-state index is 13.0. The third-order valence-electron chi connectivity index (χ3n) is 2.72. The van der Waals surface area contributed by atoms with E-state index in [-0.39, 0.29) is 18.8 Å². The summed E-state index contributed by atoms with van der Waals surface area (Å²) in [5, 5.41) is 12.1. The van der Waals surface area contributed by atoms with Crippen molar-refractivity contribution >= 4 is 0 Å². The maximum Gasteiger partial charge on any atom is 0.419 e. The fourth-order valence-corrected chi connectivity index (χ4v) is 1.64. The summed E-state index contributed by atoms with van der Waals surface area (Å²) in [6, 6.07) is 4.04. The highest BCUT2D eigenvalue weighted by molar-refractivity contribution is 5.39. The van der Waals surface area contributed by atoms with Crippen LogP contribution in [0.2, 0.25) is 0 Å². The first kappa shape index (κ1) is 16.8. The molecule has 0 heterocycles. The second-order valence-corrected chi connectivity index (χ2v) is 4.59. The maximum atomic E-state index is 13.0. The first-order valence-electron chi connectivity index (χ1n) is 6.56. The van der Waals surface area contributed by atoms with Gasteiger partial charge in [0.2, 0.25) is 0 Å². The second kappa shape index (κ2) is 7.50. The zero-order valence-electron chi connectivity index (χ0n) is 11.6. The minimum absolute atomic E-state index is 0.0489. The SMILES string of the molecule is CCNCc1ccc(OCCC(C)O)c(C(F)(F)F)c1. The molecule has 0 amide bonds. The van der Waals surface area contributed by atoms with E-state index in [1.165, 1.54) is 6.07 Å². The Kier molecular flexibility index (Phi) is 6.29. The summed E-state index contributed by atoms with van der Waals surface area (Å²) in [5.41, 5.74) is -0.222. The van der Waals surface area contributed by atoms with E-state index in [2.05, 4.69) is 5.32 Å². The van der Waals surface area contributed by atoms with Gasteiger partial charge in [0.25, 0.3) is 0 Å². The van der Waals surface area contributed by atoms with Crippen LogP contribution in [0.3, 0.4) is 0 Å². The molecule has 1 atom stereocenters. The van der Waals surface area contributed by atoms with Crippen LogP contribution in [0, 0.1) is 0 Å².